The van der Waals surface area contributed by atoms with E-state index in [2.05, 4.69) is 32.7 Å². The number of nitrogens with two attached hydrogens (primary N) is 1. The highest BCUT2D eigenvalue weighted by Gasteiger charge is 2.09. The van der Waals surface area contributed by atoms with Crippen molar-refractivity contribution in [1.29, 1.82) is 0 Å². The van der Waals surface area contributed by atoms with Crippen LogP contribution in [-0.4, -0.2) is 24.6 Å². The van der Waals surface area contributed by atoms with Crippen LogP contribution in [0.2, 0.25) is 5.02 Å². The third-order valence-corrected chi connectivity index (χ3v) is 2.81. The Morgan fingerprint density at radius 2 is 2.33 bits per heavy atom. The maximum absolute atomic E-state index is 6.12. The molecule has 0 bridgehead atoms. The standard InChI is InChI=1S/C10H15BrClN3/c1-2-15(5-3-4-13)10-9(12)6-8(11)7-14-10/h6-7H,2-5,13H2,1H3. The topological polar surface area (TPSA) is 42.1 Å². The summed E-state index contributed by atoms with van der Waals surface area (Å²) < 4.78 is 0.895. The molecule has 0 radical (unpaired) electrons. The van der Waals surface area contributed by atoms with Crippen molar-refractivity contribution in [2.45, 2.75) is 13.3 Å². The van der Waals surface area contributed by atoms with Gasteiger partial charge >= 0.3 is 0 Å². The van der Waals surface area contributed by atoms with Gasteiger partial charge in [0.05, 0.1) is 5.02 Å². The Morgan fingerprint density at radius 1 is 1.60 bits per heavy atom. The smallest absolute Gasteiger partial charge is 0.147 e. The van der Waals surface area contributed by atoms with E-state index in [0.29, 0.717) is 11.6 Å². The van der Waals surface area contributed by atoms with Crippen LogP contribution in [0, 0.1) is 0 Å². The van der Waals surface area contributed by atoms with Gasteiger partial charge < -0.3 is 10.6 Å². The van der Waals surface area contributed by atoms with Gasteiger partial charge in [-0.25, -0.2) is 4.98 Å². The fraction of sp³-hybridized carbons (Fsp3) is 0.500. The first kappa shape index (κ1) is 12.7. The van der Waals surface area contributed by atoms with Gasteiger partial charge in [0, 0.05) is 23.8 Å². The molecule has 0 saturated carbocycles. The fourth-order valence-electron chi connectivity index (χ4n) is 1.34. The minimum atomic E-state index is 0.670. The predicted molar refractivity (Wildman–Crippen MR) is 68.5 cm³/mol. The normalized spacial score (nSPS) is 10.4. The van der Waals surface area contributed by atoms with Gasteiger partial charge in [-0.15, -0.1) is 0 Å². The molecule has 1 aromatic heterocycles. The maximum Gasteiger partial charge on any atom is 0.147 e. The van der Waals surface area contributed by atoms with Crippen LogP contribution >= 0.6 is 27.5 Å². The first-order chi connectivity index (χ1) is 7.19. The van der Waals surface area contributed by atoms with E-state index < -0.39 is 0 Å². The maximum atomic E-state index is 6.12. The molecule has 15 heavy (non-hydrogen) atoms. The molecular weight excluding hydrogens is 277 g/mol. The molecule has 1 aromatic rings. The molecule has 0 unspecified atom stereocenters. The Hall–Kier alpha value is -0.320. The second-order valence-electron chi connectivity index (χ2n) is 3.18. The minimum absolute atomic E-state index is 0.670. The van der Waals surface area contributed by atoms with Crippen molar-refractivity contribution in [1.82, 2.24) is 4.98 Å². The monoisotopic (exact) mass is 291 g/mol. The summed E-state index contributed by atoms with van der Waals surface area (Å²) in [7, 11) is 0. The molecule has 0 amide bonds. The summed E-state index contributed by atoms with van der Waals surface area (Å²) in [6, 6.07) is 1.86. The Morgan fingerprint density at radius 3 is 2.87 bits per heavy atom. The summed E-state index contributed by atoms with van der Waals surface area (Å²) in [5.41, 5.74) is 5.48. The zero-order chi connectivity index (χ0) is 11.3. The van der Waals surface area contributed by atoms with Gasteiger partial charge in [-0.3, -0.25) is 0 Å². The molecule has 0 saturated heterocycles. The van der Waals surface area contributed by atoms with Crippen molar-refractivity contribution in [3.8, 4) is 0 Å². The lowest BCUT2D eigenvalue weighted by Crippen LogP contribution is -2.26. The van der Waals surface area contributed by atoms with Gasteiger partial charge in [-0.2, -0.15) is 0 Å². The first-order valence-electron chi connectivity index (χ1n) is 4.95. The van der Waals surface area contributed by atoms with Crippen LogP contribution in [0.5, 0.6) is 0 Å². The summed E-state index contributed by atoms with van der Waals surface area (Å²) in [5, 5.41) is 0.670. The average Bonchev–Trinajstić information content (AvgIpc) is 2.21. The van der Waals surface area contributed by atoms with E-state index in [1.54, 1.807) is 6.20 Å². The van der Waals surface area contributed by atoms with E-state index in [4.69, 9.17) is 17.3 Å². The largest absolute Gasteiger partial charge is 0.356 e. The Balaban J connectivity index is 2.81. The van der Waals surface area contributed by atoms with Gasteiger partial charge in [-0.05, 0) is 41.9 Å². The second kappa shape index (κ2) is 6.30. The fourth-order valence-corrected chi connectivity index (χ4v) is 2.08. The van der Waals surface area contributed by atoms with Crippen LogP contribution in [-0.2, 0) is 0 Å². The molecule has 0 aliphatic heterocycles. The molecule has 84 valence electrons. The van der Waals surface area contributed by atoms with Crippen molar-refractivity contribution in [3.63, 3.8) is 0 Å². The third-order valence-electron chi connectivity index (χ3n) is 2.10. The molecule has 3 nitrogen and oxygen atoms in total. The van der Waals surface area contributed by atoms with Gasteiger partial charge in [0.1, 0.15) is 5.82 Å². The summed E-state index contributed by atoms with van der Waals surface area (Å²) in [4.78, 5) is 6.43. The second-order valence-corrected chi connectivity index (χ2v) is 4.50. The lowest BCUT2D eigenvalue weighted by Gasteiger charge is -2.22. The SMILES string of the molecule is CCN(CCCN)c1ncc(Br)cc1Cl. The van der Waals surface area contributed by atoms with Crippen molar-refractivity contribution < 1.29 is 0 Å². The first-order valence-corrected chi connectivity index (χ1v) is 6.12. The summed E-state index contributed by atoms with van der Waals surface area (Å²) in [6.45, 7) is 4.54. The van der Waals surface area contributed by atoms with E-state index in [9.17, 15) is 0 Å². The molecule has 0 aliphatic carbocycles. The van der Waals surface area contributed by atoms with E-state index >= 15 is 0 Å². The van der Waals surface area contributed by atoms with Gasteiger partial charge in [-0.1, -0.05) is 11.6 Å². The summed E-state index contributed by atoms with van der Waals surface area (Å²) >= 11 is 9.45. The lowest BCUT2D eigenvalue weighted by atomic mass is 10.3. The zero-order valence-corrected chi connectivity index (χ0v) is 11.1. The van der Waals surface area contributed by atoms with Gasteiger partial charge in [0.15, 0.2) is 0 Å². The van der Waals surface area contributed by atoms with Gasteiger partial charge in [0.2, 0.25) is 0 Å². The number of hydrogen-bond donors (Lipinski definition) is 1. The van der Waals surface area contributed by atoms with Crippen LogP contribution in [0.4, 0.5) is 5.82 Å². The van der Waals surface area contributed by atoms with Crippen LogP contribution in [0.3, 0.4) is 0 Å². The quantitative estimate of drug-likeness (QED) is 0.907. The van der Waals surface area contributed by atoms with E-state index in [0.717, 1.165) is 29.8 Å². The number of anilines is 1. The number of rotatable bonds is 5. The molecular formula is C10H15BrClN3. The number of halogens is 2. The van der Waals surface area contributed by atoms with Crippen LogP contribution in [0.1, 0.15) is 13.3 Å². The predicted octanol–water partition coefficient (Wildman–Crippen LogP) is 2.67. The Kier molecular flexibility index (Phi) is 5.36. The zero-order valence-electron chi connectivity index (χ0n) is 8.71. The molecule has 0 atom stereocenters. The highest BCUT2D eigenvalue weighted by molar-refractivity contribution is 9.10. The van der Waals surface area contributed by atoms with E-state index in [-0.39, 0.29) is 0 Å². The third kappa shape index (κ3) is 3.63. The van der Waals surface area contributed by atoms with E-state index in [1.165, 1.54) is 0 Å². The van der Waals surface area contributed by atoms with Crippen molar-refractivity contribution in [3.05, 3.63) is 21.8 Å². The number of aromatic nitrogens is 1. The molecule has 5 heteroatoms. The summed E-state index contributed by atoms with van der Waals surface area (Å²) in [6.07, 6.45) is 2.70. The van der Waals surface area contributed by atoms with E-state index in [1.807, 2.05) is 6.07 Å². The van der Waals surface area contributed by atoms with Crippen LogP contribution in [0.25, 0.3) is 0 Å². The molecule has 0 aromatic carbocycles. The minimum Gasteiger partial charge on any atom is -0.356 e. The Bertz CT molecular complexity index is 320. The number of pyridine rings is 1. The molecule has 1 heterocycles. The molecule has 0 spiro atoms. The lowest BCUT2D eigenvalue weighted by molar-refractivity contribution is 0.745. The van der Waals surface area contributed by atoms with Crippen molar-refractivity contribution >= 4 is 33.3 Å². The van der Waals surface area contributed by atoms with Crippen molar-refractivity contribution in [2.24, 2.45) is 5.73 Å². The molecule has 1 rings (SSSR count). The molecule has 2 N–H and O–H groups in total. The highest BCUT2D eigenvalue weighted by atomic mass is 79.9. The van der Waals surface area contributed by atoms with Crippen LogP contribution in [0.15, 0.2) is 16.7 Å². The average molecular weight is 293 g/mol. The summed E-state index contributed by atoms with van der Waals surface area (Å²) in [5.74, 6) is 0.829. The number of hydrogen-bond acceptors (Lipinski definition) is 3. The highest BCUT2D eigenvalue weighted by Crippen LogP contribution is 2.26. The molecule has 0 fully saturated rings. The Labute approximate surface area is 104 Å². The van der Waals surface area contributed by atoms with Crippen molar-refractivity contribution in [2.75, 3.05) is 24.5 Å². The van der Waals surface area contributed by atoms with Crippen LogP contribution < -0.4 is 10.6 Å². The molecule has 0 aliphatic rings. The van der Waals surface area contributed by atoms with Gasteiger partial charge in [0.25, 0.3) is 0 Å². The number of nitrogens with zero attached hydrogens (tertiary/aromatic N) is 2.